The Morgan fingerprint density at radius 3 is 1.11 bits per heavy atom. The summed E-state index contributed by atoms with van der Waals surface area (Å²) in [6.07, 6.45) is 3.56. The number of rotatable bonds is 8. The van der Waals surface area contributed by atoms with Gasteiger partial charge >= 0.3 is 0 Å². The molecule has 3 aromatic carbocycles. The molecule has 0 aliphatic carbocycles. The predicted molar refractivity (Wildman–Crippen MR) is 178 cm³/mol. The minimum atomic E-state index is 0.731. The normalized spacial score (nSPS) is 10.7. The van der Waals surface area contributed by atoms with E-state index in [0.717, 1.165) is 57.2 Å². The van der Waals surface area contributed by atoms with E-state index in [1.807, 2.05) is 84.9 Å². The molecule has 44 heavy (non-hydrogen) atoms. The summed E-state index contributed by atoms with van der Waals surface area (Å²) in [4.78, 5) is 23.5. The average Bonchev–Trinajstić information content (AvgIpc) is 3.11. The Bertz CT molecular complexity index is 1830. The van der Waals surface area contributed by atoms with Gasteiger partial charge in [0, 0.05) is 35.1 Å². The highest BCUT2D eigenvalue weighted by Crippen LogP contribution is 2.38. The number of hydrogen-bond acceptors (Lipinski definition) is 6. The van der Waals surface area contributed by atoms with Crippen molar-refractivity contribution in [3.63, 3.8) is 0 Å². The third-order valence-corrected chi connectivity index (χ3v) is 7.18. The second-order valence-corrected chi connectivity index (χ2v) is 10.1. The van der Waals surface area contributed by atoms with Crippen LogP contribution in [0.4, 0.5) is 34.4 Å². The summed E-state index contributed by atoms with van der Waals surface area (Å²) >= 11 is 0. The fraction of sp³-hybridized carbons (Fsp3) is 0. The molecule has 0 spiro atoms. The molecule has 6 nitrogen and oxygen atoms in total. The SMILES string of the molecule is c1ccc(N(c2ccccc2)c2ccc(N(c3cccc(-c4ccccn4)n3)c3cccc(-c4ccccn4)n3)cc2)cc1. The van der Waals surface area contributed by atoms with Gasteiger partial charge in [-0.15, -0.1) is 0 Å². The van der Waals surface area contributed by atoms with Gasteiger partial charge in [0.25, 0.3) is 0 Å². The van der Waals surface area contributed by atoms with Crippen molar-refractivity contribution < 1.29 is 0 Å². The highest BCUT2D eigenvalue weighted by Gasteiger charge is 2.19. The Labute approximate surface area is 256 Å². The van der Waals surface area contributed by atoms with E-state index in [-0.39, 0.29) is 0 Å². The van der Waals surface area contributed by atoms with Crippen LogP contribution in [0.3, 0.4) is 0 Å². The lowest BCUT2D eigenvalue weighted by Crippen LogP contribution is -2.14. The molecule has 0 bridgehead atoms. The van der Waals surface area contributed by atoms with Gasteiger partial charge in [-0.25, -0.2) is 9.97 Å². The van der Waals surface area contributed by atoms with Gasteiger partial charge in [0.15, 0.2) is 0 Å². The number of aromatic nitrogens is 4. The molecule has 7 aromatic rings. The third-order valence-electron chi connectivity index (χ3n) is 7.18. The predicted octanol–water partition coefficient (Wildman–Crippen LogP) is 9.54. The van der Waals surface area contributed by atoms with E-state index in [2.05, 4.69) is 92.6 Å². The molecule has 0 fully saturated rings. The van der Waals surface area contributed by atoms with Crippen LogP contribution in [0.25, 0.3) is 22.8 Å². The van der Waals surface area contributed by atoms with E-state index in [1.165, 1.54) is 0 Å². The number of hydrogen-bond donors (Lipinski definition) is 0. The lowest BCUT2D eigenvalue weighted by atomic mass is 10.1. The van der Waals surface area contributed by atoms with Crippen molar-refractivity contribution in [2.45, 2.75) is 0 Å². The molecule has 0 aliphatic heterocycles. The lowest BCUT2D eigenvalue weighted by molar-refractivity contribution is 1.12. The van der Waals surface area contributed by atoms with E-state index in [9.17, 15) is 0 Å². The number of para-hydroxylation sites is 2. The Morgan fingerprint density at radius 1 is 0.295 bits per heavy atom. The van der Waals surface area contributed by atoms with Gasteiger partial charge in [0.05, 0.1) is 22.8 Å². The van der Waals surface area contributed by atoms with Crippen molar-refractivity contribution in [3.8, 4) is 22.8 Å². The van der Waals surface area contributed by atoms with Gasteiger partial charge in [0.1, 0.15) is 11.6 Å². The van der Waals surface area contributed by atoms with Gasteiger partial charge in [-0.2, -0.15) is 0 Å². The van der Waals surface area contributed by atoms with Crippen LogP contribution >= 0.6 is 0 Å². The van der Waals surface area contributed by atoms with Crippen molar-refractivity contribution >= 4 is 34.4 Å². The minimum absolute atomic E-state index is 0.731. The zero-order valence-corrected chi connectivity index (χ0v) is 23.8. The molecule has 210 valence electrons. The molecule has 6 heteroatoms. The molecule has 0 unspecified atom stereocenters. The lowest BCUT2D eigenvalue weighted by Gasteiger charge is -2.27. The van der Waals surface area contributed by atoms with Crippen molar-refractivity contribution in [3.05, 3.63) is 170 Å². The van der Waals surface area contributed by atoms with Crippen molar-refractivity contribution in [2.24, 2.45) is 0 Å². The number of anilines is 6. The minimum Gasteiger partial charge on any atom is -0.311 e. The molecule has 4 heterocycles. The highest BCUT2D eigenvalue weighted by molar-refractivity contribution is 5.80. The first kappa shape index (κ1) is 26.7. The number of pyridine rings is 4. The van der Waals surface area contributed by atoms with Gasteiger partial charge in [0.2, 0.25) is 0 Å². The van der Waals surface area contributed by atoms with E-state index in [1.54, 1.807) is 12.4 Å². The van der Waals surface area contributed by atoms with Crippen LogP contribution < -0.4 is 9.80 Å². The molecule has 7 rings (SSSR count). The zero-order valence-electron chi connectivity index (χ0n) is 23.8. The van der Waals surface area contributed by atoms with Crippen LogP contribution in [0.5, 0.6) is 0 Å². The van der Waals surface area contributed by atoms with Crippen LogP contribution in [0.2, 0.25) is 0 Å². The average molecular weight is 569 g/mol. The first-order chi connectivity index (χ1) is 21.8. The van der Waals surface area contributed by atoms with Crippen LogP contribution in [0.1, 0.15) is 0 Å². The van der Waals surface area contributed by atoms with Crippen LogP contribution in [0.15, 0.2) is 170 Å². The van der Waals surface area contributed by atoms with Gasteiger partial charge in [-0.3, -0.25) is 14.9 Å². The molecule has 0 saturated carbocycles. The molecular weight excluding hydrogens is 540 g/mol. The Balaban J connectivity index is 1.34. The Morgan fingerprint density at radius 2 is 0.682 bits per heavy atom. The molecular formula is C38H28N6. The molecule has 0 N–H and O–H groups in total. The first-order valence-corrected chi connectivity index (χ1v) is 14.4. The van der Waals surface area contributed by atoms with E-state index in [4.69, 9.17) is 9.97 Å². The first-order valence-electron chi connectivity index (χ1n) is 14.4. The second-order valence-electron chi connectivity index (χ2n) is 10.1. The monoisotopic (exact) mass is 568 g/mol. The number of nitrogens with zero attached hydrogens (tertiary/aromatic N) is 6. The smallest absolute Gasteiger partial charge is 0.139 e. The Kier molecular flexibility index (Phi) is 7.53. The van der Waals surface area contributed by atoms with E-state index >= 15 is 0 Å². The summed E-state index contributed by atoms with van der Waals surface area (Å²) in [5.74, 6) is 1.46. The summed E-state index contributed by atoms with van der Waals surface area (Å²) in [6, 6.07) is 52.9. The van der Waals surface area contributed by atoms with Gasteiger partial charge in [-0.1, -0.05) is 60.7 Å². The second kappa shape index (κ2) is 12.4. The Hall–Kier alpha value is -6.14. The zero-order chi connectivity index (χ0) is 29.6. The molecule has 0 amide bonds. The summed E-state index contributed by atoms with van der Waals surface area (Å²) < 4.78 is 0. The molecule has 0 radical (unpaired) electrons. The molecule has 4 aromatic heterocycles. The molecule has 0 aliphatic rings. The summed E-state index contributed by atoms with van der Waals surface area (Å²) in [5.41, 5.74) is 7.30. The highest BCUT2D eigenvalue weighted by atomic mass is 15.2. The van der Waals surface area contributed by atoms with Gasteiger partial charge in [-0.05, 0) is 97.1 Å². The fourth-order valence-corrected chi connectivity index (χ4v) is 5.14. The quantitative estimate of drug-likeness (QED) is 0.182. The molecule has 0 atom stereocenters. The summed E-state index contributed by atoms with van der Waals surface area (Å²) in [5, 5.41) is 0. The summed E-state index contributed by atoms with van der Waals surface area (Å²) in [7, 11) is 0. The fourth-order valence-electron chi connectivity index (χ4n) is 5.14. The largest absolute Gasteiger partial charge is 0.311 e. The maximum Gasteiger partial charge on any atom is 0.139 e. The van der Waals surface area contributed by atoms with Crippen molar-refractivity contribution in [2.75, 3.05) is 9.80 Å². The van der Waals surface area contributed by atoms with Crippen molar-refractivity contribution in [1.29, 1.82) is 0 Å². The molecule has 0 saturated heterocycles. The number of benzene rings is 3. The summed E-state index contributed by atoms with van der Waals surface area (Å²) in [6.45, 7) is 0. The maximum absolute atomic E-state index is 5.05. The van der Waals surface area contributed by atoms with Crippen molar-refractivity contribution in [1.82, 2.24) is 19.9 Å². The van der Waals surface area contributed by atoms with E-state index in [0.29, 0.717) is 0 Å². The van der Waals surface area contributed by atoms with Crippen LogP contribution in [-0.4, -0.2) is 19.9 Å². The van der Waals surface area contributed by atoms with Gasteiger partial charge < -0.3 is 4.90 Å². The topological polar surface area (TPSA) is 58.0 Å². The van der Waals surface area contributed by atoms with Crippen LogP contribution in [-0.2, 0) is 0 Å². The standard InChI is InChI=1S/C38H28N6/c1-3-13-29(14-4-1)43(30-15-5-2-6-16-30)31-23-25-32(26-24-31)44(37-21-11-19-35(41-37)33-17-7-9-27-39-33)38-22-12-20-36(42-38)34-18-8-10-28-40-34/h1-28H. The maximum atomic E-state index is 5.05. The third kappa shape index (κ3) is 5.65. The van der Waals surface area contributed by atoms with E-state index < -0.39 is 0 Å². The van der Waals surface area contributed by atoms with Crippen LogP contribution in [0, 0.1) is 0 Å².